The van der Waals surface area contributed by atoms with E-state index in [1.807, 2.05) is 0 Å². The summed E-state index contributed by atoms with van der Waals surface area (Å²) < 4.78 is 6.30. The summed E-state index contributed by atoms with van der Waals surface area (Å²) in [4.78, 5) is 0. The number of fused-ring (bicyclic) bond motifs is 7. The fraction of sp³-hybridized carbons (Fsp3) is 0.0476. The lowest BCUT2D eigenvalue weighted by Crippen LogP contribution is -1.78. The Morgan fingerprint density at radius 3 is 2.23 bits per heavy atom. The van der Waals surface area contributed by atoms with E-state index in [0.717, 1.165) is 11.2 Å². The molecule has 5 rings (SSSR count). The van der Waals surface area contributed by atoms with Crippen LogP contribution in [0.1, 0.15) is 5.56 Å². The van der Waals surface area contributed by atoms with E-state index in [2.05, 4.69) is 73.7 Å². The highest BCUT2D eigenvalue weighted by Crippen LogP contribution is 2.39. The highest BCUT2D eigenvalue weighted by molar-refractivity contribution is 6.23. The Bertz CT molecular complexity index is 1180. The zero-order valence-electron chi connectivity index (χ0n) is 12.3. The van der Waals surface area contributed by atoms with Crippen molar-refractivity contribution in [3.05, 3.63) is 72.3 Å². The Hall–Kier alpha value is -2.80. The third-order valence-corrected chi connectivity index (χ3v) is 4.54. The number of aryl methyl sites for hydroxylation is 1. The Morgan fingerprint density at radius 2 is 1.36 bits per heavy atom. The summed E-state index contributed by atoms with van der Waals surface area (Å²) in [5, 5.41) is 7.36. The van der Waals surface area contributed by atoms with Crippen molar-refractivity contribution < 1.29 is 4.42 Å². The van der Waals surface area contributed by atoms with Crippen LogP contribution in [-0.4, -0.2) is 0 Å². The van der Waals surface area contributed by atoms with Gasteiger partial charge in [-0.3, -0.25) is 0 Å². The number of furan rings is 1. The van der Waals surface area contributed by atoms with Crippen LogP contribution in [0, 0.1) is 6.92 Å². The van der Waals surface area contributed by atoms with Gasteiger partial charge < -0.3 is 4.42 Å². The first-order chi connectivity index (χ1) is 10.8. The van der Waals surface area contributed by atoms with Crippen LogP contribution in [0.25, 0.3) is 43.5 Å². The van der Waals surface area contributed by atoms with Crippen molar-refractivity contribution in [2.75, 3.05) is 0 Å². The average Bonchev–Trinajstić information content (AvgIpc) is 2.96. The molecule has 22 heavy (non-hydrogen) atoms. The van der Waals surface area contributed by atoms with Gasteiger partial charge in [-0.15, -0.1) is 0 Å². The van der Waals surface area contributed by atoms with Crippen molar-refractivity contribution in [1.29, 1.82) is 0 Å². The Kier molecular flexibility index (Phi) is 2.21. The van der Waals surface area contributed by atoms with Crippen LogP contribution in [0.2, 0.25) is 0 Å². The molecule has 0 spiro atoms. The maximum Gasteiger partial charge on any atom is 0.143 e. The Morgan fingerprint density at radius 1 is 0.636 bits per heavy atom. The van der Waals surface area contributed by atoms with E-state index in [-0.39, 0.29) is 0 Å². The molecule has 0 saturated heterocycles. The third-order valence-electron chi connectivity index (χ3n) is 4.54. The highest BCUT2D eigenvalue weighted by Gasteiger charge is 2.14. The van der Waals surface area contributed by atoms with Gasteiger partial charge in [0.2, 0.25) is 0 Å². The van der Waals surface area contributed by atoms with E-state index >= 15 is 0 Å². The van der Waals surface area contributed by atoms with Gasteiger partial charge in [0, 0.05) is 16.2 Å². The molecular formula is C21H14O. The molecule has 104 valence electrons. The molecule has 0 radical (unpaired) electrons. The summed E-state index contributed by atoms with van der Waals surface area (Å²) in [5.74, 6) is 0. The second-order valence-electron chi connectivity index (χ2n) is 5.88. The lowest BCUT2D eigenvalue weighted by atomic mass is 9.99. The molecule has 0 atom stereocenters. The largest absolute Gasteiger partial charge is 0.455 e. The van der Waals surface area contributed by atoms with Crippen LogP contribution in [0.15, 0.2) is 71.1 Å². The van der Waals surface area contributed by atoms with Crippen molar-refractivity contribution in [2.45, 2.75) is 6.92 Å². The van der Waals surface area contributed by atoms with E-state index in [1.54, 1.807) is 0 Å². The summed E-state index contributed by atoms with van der Waals surface area (Å²) in [6.07, 6.45) is 0. The molecule has 0 fully saturated rings. The van der Waals surface area contributed by atoms with Crippen molar-refractivity contribution in [3.8, 4) is 0 Å². The molecule has 1 aromatic heterocycles. The molecule has 0 aliphatic rings. The second kappa shape index (κ2) is 4.11. The summed E-state index contributed by atoms with van der Waals surface area (Å²) in [7, 11) is 0. The predicted octanol–water partition coefficient (Wildman–Crippen LogP) is 6.20. The first-order valence-corrected chi connectivity index (χ1v) is 7.55. The van der Waals surface area contributed by atoms with Gasteiger partial charge in [-0.05, 0) is 40.8 Å². The van der Waals surface area contributed by atoms with E-state index in [1.165, 1.54) is 37.9 Å². The van der Waals surface area contributed by atoms with Crippen LogP contribution in [0.5, 0.6) is 0 Å². The standard InChI is InChI=1S/C21H14O/c1-13-12-15-7-3-4-8-16(15)19-18-11-10-14-6-2-5-9-17(14)21(18)22-20(13)19/h2-12H,1H3. The minimum atomic E-state index is 0.993. The van der Waals surface area contributed by atoms with E-state index in [0.29, 0.717) is 0 Å². The minimum absolute atomic E-state index is 0.993. The second-order valence-corrected chi connectivity index (χ2v) is 5.88. The first kappa shape index (κ1) is 11.8. The molecule has 1 heterocycles. The normalized spacial score (nSPS) is 11.9. The number of hydrogen-bond donors (Lipinski definition) is 0. The summed E-state index contributed by atoms with van der Waals surface area (Å²) in [6.45, 7) is 2.12. The van der Waals surface area contributed by atoms with Crippen LogP contribution in [0.3, 0.4) is 0 Å². The van der Waals surface area contributed by atoms with E-state index in [4.69, 9.17) is 4.42 Å². The van der Waals surface area contributed by atoms with Gasteiger partial charge in [-0.1, -0.05) is 54.6 Å². The minimum Gasteiger partial charge on any atom is -0.455 e. The van der Waals surface area contributed by atoms with Gasteiger partial charge in [0.1, 0.15) is 11.2 Å². The summed E-state index contributed by atoms with van der Waals surface area (Å²) in [5.41, 5.74) is 3.19. The lowest BCUT2D eigenvalue weighted by molar-refractivity contribution is 0.670. The average molecular weight is 282 g/mol. The molecule has 0 saturated carbocycles. The quantitative estimate of drug-likeness (QED) is 0.329. The number of rotatable bonds is 0. The lowest BCUT2D eigenvalue weighted by Gasteiger charge is -2.02. The molecule has 1 heteroatoms. The zero-order chi connectivity index (χ0) is 14.7. The molecule has 0 aliphatic heterocycles. The summed E-state index contributed by atoms with van der Waals surface area (Å²) in [6, 6.07) is 23.5. The van der Waals surface area contributed by atoms with Crippen LogP contribution >= 0.6 is 0 Å². The topological polar surface area (TPSA) is 13.1 Å². The molecular weight excluding hydrogens is 268 g/mol. The zero-order valence-corrected chi connectivity index (χ0v) is 12.3. The van der Waals surface area contributed by atoms with Gasteiger partial charge in [-0.25, -0.2) is 0 Å². The highest BCUT2D eigenvalue weighted by atomic mass is 16.3. The Balaban J connectivity index is 2.14. The van der Waals surface area contributed by atoms with Crippen molar-refractivity contribution >= 4 is 43.5 Å². The fourth-order valence-electron chi connectivity index (χ4n) is 3.52. The smallest absolute Gasteiger partial charge is 0.143 e. The van der Waals surface area contributed by atoms with Crippen LogP contribution in [-0.2, 0) is 0 Å². The van der Waals surface area contributed by atoms with Gasteiger partial charge in [0.05, 0.1) is 0 Å². The van der Waals surface area contributed by atoms with Crippen molar-refractivity contribution in [1.82, 2.24) is 0 Å². The maximum atomic E-state index is 6.30. The van der Waals surface area contributed by atoms with Crippen LogP contribution in [0.4, 0.5) is 0 Å². The molecule has 0 amide bonds. The Labute approximate surface area is 127 Å². The van der Waals surface area contributed by atoms with Gasteiger partial charge in [0.15, 0.2) is 0 Å². The van der Waals surface area contributed by atoms with Gasteiger partial charge in [-0.2, -0.15) is 0 Å². The van der Waals surface area contributed by atoms with Crippen LogP contribution < -0.4 is 0 Å². The number of benzene rings is 4. The third kappa shape index (κ3) is 1.43. The molecule has 0 aliphatic carbocycles. The summed E-state index contributed by atoms with van der Waals surface area (Å²) >= 11 is 0. The van der Waals surface area contributed by atoms with E-state index in [9.17, 15) is 0 Å². The molecule has 4 aromatic carbocycles. The fourth-order valence-corrected chi connectivity index (χ4v) is 3.52. The SMILES string of the molecule is Cc1cc2ccccc2c2c1oc1c3ccccc3ccc12. The molecule has 5 aromatic rings. The number of hydrogen-bond acceptors (Lipinski definition) is 1. The maximum absolute atomic E-state index is 6.30. The van der Waals surface area contributed by atoms with Gasteiger partial charge >= 0.3 is 0 Å². The van der Waals surface area contributed by atoms with Crippen molar-refractivity contribution in [3.63, 3.8) is 0 Å². The molecule has 0 N–H and O–H groups in total. The molecule has 0 unspecified atom stereocenters. The van der Waals surface area contributed by atoms with Gasteiger partial charge in [0.25, 0.3) is 0 Å². The molecule has 1 nitrogen and oxygen atoms in total. The van der Waals surface area contributed by atoms with Crippen molar-refractivity contribution in [2.24, 2.45) is 0 Å². The molecule has 0 bridgehead atoms. The monoisotopic (exact) mass is 282 g/mol. The van der Waals surface area contributed by atoms with E-state index < -0.39 is 0 Å². The predicted molar refractivity (Wildman–Crippen MR) is 93.5 cm³/mol. The first-order valence-electron chi connectivity index (χ1n) is 7.55.